The van der Waals surface area contributed by atoms with Crippen LogP contribution in [0.1, 0.15) is 27.9 Å². The van der Waals surface area contributed by atoms with E-state index in [-0.39, 0.29) is 12.5 Å². The molecule has 0 saturated carbocycles. The van der Waals surface area contributed by atoms with Crippen molar-refractivity contribution in [2.45, 2.75) is 26.4 Å². The van der Waals surface area contributed by atoms with E-state index in [2.05, 4.69) is 0 Å². The maximum absolute atomic E-state index is 12.1. The zero-order valence-corrected chi connectivity index (χ0v) is 10.6. The quantitative estimate of drug-likeness (QED) is 0.815. The SMILES string of the molecule is Cc1ccc(C(=O)N(C)CCC(F)(F)F)cc1C. The third-order valence-corrected chi connectivity index (χ3v) is 2.83. The fourth-order valence-electron chi connectivity index (χ4n) is 1.49. The van der Waals surface area contributed by atoms with E-state index in [0.29, 0.717) is 5.56 Å². The van der Waals surface area contributed by atoms with Gasteiger partial charge in [0.1, 0.15) is 0 Å². The largest absolute Gasteiger partial charge is 0.390 e. The normalized spacial score (nSPS) is 11.4. The van der Waals surface area contributed by atoms with E-state index >= 15 is 0 Å². The van der Waals surface area contributed by atoms with E-state index in [9.17, 15) is 18.0 Å². The first kappa shape index (κ1) is 14.5. The second kappa shape index (κ2) is 5.42. The summed E-state index contributed by atoms with van der Waals surface area (Å²) in [5.74, 6) is -0.387. The van der Waals surface area contributed by atoms with Crippen LogP contribution in [0.3, 0.4) is 0 Å². The summed E-state index contributed by atoms with van der Waals surface area (Å²) >= 11 is 0. The lowest BCUT2D eigenvalue weighted by atomic mass is 10.1. The maximum atomic E-state index is 12.1. The van der Waals surface area contributed by atoms with Crippen LogP contribution in [0, 0.1) is 13.8 Å². The molecule has 0 unspecified atom stereocenters. The molecule has 5 heteroatoms. The number of hydrogen-bond donors (Lipinski definition) is 0. The highest BCUT2D eigenvalue weighted by Gasteiger charge is 2.28. The Kier molecular flexibility index (Phi) is 4.38. The molecule has 0 atom stereocenters. The molecule has 0 N–H and O–H groups in total. The van der Waals surface area contributed by atoms with E-state index < -0.39 is 12.6 Å². The second-order valence-electron chi connectivity index (χ2n) is 4.39. The molecule has 0 aliphatic rings. The summed E-state index contributed by atoms with van der Waals surface area (Å²) in [7, 11) is 1.38. The molecule has 0 radical (unpaired) electrons. The number of carbonyl (C=O) groups is 1. The van der Waals surface area contributed by atoms with Gasteiger partial charge in [0.2, 0.25) is 0 Å². The summed E-state index contributed by atoms with van der Waals surface area (Å²) in [6, 6.07) is 5.12. The molecule has 1 aromatic carbocycles. The lowest BCUT2D eigenvalue weighted by Crippen LogP contribution is -2.30. The number of nitrogens with zero attached hydrogens (tertiary/aromatic N) is 1. The Morgan fingerprint density at radius 3 is 2.33 bits per heavy atom. The standard InChI is InChI=1S/C13H16F3NO/c1-9-4-5-11(8-10(9)2)12(18)17(3)7-6-13(14,15)16/h4-5,8H,6-7H2,1-3H3. The number of benzene rings is 1. The molecule has 1 amide bonds. The first-order valence-electron chi connectivity index (χ1n) is 5.60. The number of rotatable bonds is 3. The van der Waals surface area contributed by atoms with Crippen molar-refractivity contribution in [3.8, 4) is 0 Å². The fraction of sp³-hybridized carbons (Fsp3) is 0.462. The van der Waals surface area contributed by atoms with E-state index in [1.807, 2.05) is 13.8 Å². The maximum Gasteiger partial charge on any atom is 0.390 e. The van der Waals surface area contributed by atoms with Crippen LogP contribution in [0.4, 0.5) is 13.2 Å². The minimum atomic E-state index is -4.24. The molecule has 0 bridgehead atoms. The molecular weight excluding hydrogens is 243 g/mol. The van der Waals surface area contributed by atoms with Crippen LogP contribution >= 0.6 is 0 Å². The third kappa shape index (κ3) is 4.05. The van der Waals surface area contributed by atoms with Gasteiger partial charge in [-0.15, -0.1) is 0 Å². The molecule has 1 rings (SSSR count). The van der Waals surface area contributed by atoms with Gasteiger partial charge in [0.05, 0.1) is 6.42 Å². The van der Waals surface area contributed by atoms with Crippen LogP contribution in [0.15, 0.2) is 18.2 Å². The van der Waals surface area contributed by atoms with Crippen LogP contribution < -0.4 is 0 Å². The minimum Gasteiger partial charge on any atom is -0.341 e. The van der Waals surface area contributed by atoms with Crippen molar-refractivity contribution < 1.29 is 18.0 Å². The predicted octanol–water partition coefficient (Wildman–Crippen LogP) is 3.33. The molecule has 0 fully saturated rings. The Hall–Kier alpha value is -1.52. The summed E-state index contributed by atoms with van der Waals surface area (Å²) in [4.78, 5) is 13.0. The predicted molar refractivity (Wildman–Crippen MR) is 63.5 cm³/mol. The lowest BCUT2D eigenvalue weighted by Gasteiger charge is -2.18. The molecule has 100 valence electrons. The van der Waals surface area contributed by atoms with Gasteiger partial charge in [-0.05, 0) is 37.1 Å². The fourth-order valence-corrected chi connectivity index (χ4v) is 1.49. The van der Waals surface area contributed by atoms with Crippen LogP contribution in [0.5, 0.6) is 0 Å². The minimum absolute atomic E-state index is 0.324. The molecule has 0 aromatic heterocycles. The first-order valence-corrected chi connectivity index (χ1v) is 5.60. The second-order valence-corrected chi connectivity index (χ2v) is 4.39. The molecule has 0 saturated heterocycles. The van der Waals surface area contributed by atoms with Crippen molar-refractivity contribution in [1.29, 1.82) is 0 Å². The van der Waals surface area contributed by atoms with Crippen molar-refractivity contribution in [3.63, 3.8) is 0 Å². The summed E-state index contributed by atoms with van der Waals surface area (Å²) in [6.07, 6.45) is -5.22. The molecular formula is C13H16F3NO. The Morgan fingerprint density at radius 2 is 1.83 bits per heavy atom. The average molecular weight is 259 g/mol. The zero-order chi connectivity index (χ0) is 13.9. The summed E-state index contributed by atoms with van der Waals surface area (Å²) in [5, 5.41) is 0. The van der Waals surface area contributed by atoms with E-state index in [1.54, 1.807) is 18.2 Å². The van der Waals surface area contributed by atoms with Crippen LogP contribution in [-0.4, -0.2) is 30.6 Å². The van der Waals surface area contributed by atoms with Gasteiger partial charge < -0.3 is 4.90 Å². The molecule has 0 aliphatic carbocycles. The Bertz CT molecular complexity index is 440. The van der Waals surface area contributed by atoms with Crippen LogP contribution in [-0.2, 0) is 0 Å². The Labute approximate surface area is 104 Å². The highest BCUT2D eigenvalue weighted by Crippen LogP contribution is 2.20. The number of hydrogen-bond acceptors (Lipinski definition) is 1. The van der Waals surface area contributed by atoms with Gasteiger partial charge >= 0.3 is 6.18 Å². The van der Waals surface area contributed by atoms with Crippen molar-refractivity contribution in [1.82, 2.24) is 4.90 Å². The van der Waals surface area contributed by atoms with Gasteiger partial charge in [0, 0.05) is 19.2 Å². The summed E-state index contributed by atoms with van der Waals surface area (Å²) in [6.45, 7) is 3.45. The highest BCUT2D eigenvalue weighted by atomic mass is 19.4. The summed E-state index contributed by atoms with van der Waals surface area (Å²) < 4.78 is 36.2. The topological polar surface area (TPSA) is 20.3 Å². The van der Waals surface area contributed by atoms with Crippen molar-refractivity contribution in [2.75, 3.05) is 13.6 Å². The lowest BCUT2D eigenvalue weighted by molar-refractivity contribution is -0.136. The van der Waals surface area contributed by atoms with Gasteiger partial charge in [0.15, 0.2) is 0 Å². The third-order valence-electron chi connectivity index (χ3n) is 2.83. The number of alkyl halides is 3. The number of amides is 1. The Balaban J connectivity index is 2.71. The first-order chi connectivity index (χ1) is 8.20. The molecule has 0 heterocycles. The van der Waals surface area contributed by atoms with Crippen molar-refractivity contribution >= 4 is 5.91 Å². The summed E-state index contributed by atoms with van der Waals surface area (Å²) in [5.41, 5.74) is 2.41. The van der Waals surface area contributed by atoms with E-state index in [4.69, 9.17) is 0 Å². The average Bonchev–Trinajstić information content (AvgIpc) is 2.27. The van der Waals surface area contributed by atoms with Gasteiger partial charge in [-0.1, -0.05) is 6.07 Å². The number of halogens is 3. The highest BCUT2D eigenvalue weighted by molar-refractivity contribution is 5.94. The van der Waals surface area contributed by atoms with Crippen molar-refractivity contribution in [3.05, 3.63) is 34.9 Å². The molecule has 0 aliphatic heterocycles. The van der Waals surface area contributed by atoms with Crippen LogP contribution in [0.2, 0.25) is 0 Å². The van der Waals surface area contributed by atoms with Crippen molar-refractivity contribution in [2.24, 2.45) is 0 Å². The molecule has 1 aromatic rings. The van der Waals surface area contributed by atoms with E-state index in [0.717, 1.165) is 16.0 Å². The number of aryl methyl sites for hydroxylation is 2. The van der Waals surface area contributed by atoms with Gasteiger partial charge in [-0.3, -0.25) is 4.79 Å². The van der Waals surface area contributed by atoms with Crippen LogP contribution in [0.25, 0.3) is 0 Å². The van der Waals surface area contributed by atoms with Gasteiger partial charge in [-0.25, -0.2) is 0 Å². The molecule has 2 nitrogen and oxygen atoms in total. The monoisotopic (exact) mass is 259 g/mol. The Morgan fingerprint density at radius 1 is 1.22 bits per heavy atom. The smallest absolute Gasteiger partial charge is 0.341 e. The van der Waals surface area contributed by atoms with E-state index in [1.165, 1.54) is 7.05 Å². The molecule has 18 heavy (non-hydrogen) atoms. The van der Waals surface area contributed by atoms with Gasteiger partial charge in [-0.2, -0.15) is 13.2 Å². The number of carbonyl (C=O) groups excluding carboxylic acids is 1. The molecule has 0 spiro atoms. The zero-order valence-electron chi connectivity index (χ0n) is 10.6. The van der Waals surface area contributed by atoms with Gasteiger partial charge in [0.25, 0.3) is 5.91 Å².